The summed E-state index contributed by atoms with van der Waals surface area (Å²) in [7, 11) is 1.89. The van der Waals surface area contributed by atoms with Crippen LogP contribution in [0.1, 0.15) is 17.5 Å². The molecule has 6 nitrogen and oxygen atoms in total. The van der Waals surface area contributed by atoms with E-state index in [1.807, 2.05) is 48.3 Å². The minimum atomic E-state index is -0.222. The van der Waals surface area contributed by atoms with Crippen molar-refractivity contribution in [3.8, 4) is 0 Å². The zero-order valence-electron chi connectivity index (χ0n) is 16.5. The molecule has 1 aromatic heterocycles. The van der Waals surface area contributed by atoms with Gasteiger partial charge < -0.3 is 15.3 Å². The SMILES string of the molecule is CN(CC(=O)NCc1ccccc1CN1CCC(O)C1)c1nc2ccccc2s1. The van der Waals surface area contributed by atoms with E-state index in [4.69, 9.17) is 0 Å². The number of nitrogens with one attached hydrogen (secondary N) is 1. The number of thiazole rings is 1. The Morgan fingerprint density at radius 1 is 1.24 bits per heavy atom. The Bertz CT molecular complexity index is 957. The zero-order chi connectivity index (χ0) is 20.2. The maximum Gasteiger partial charge on any atom is 0.239 e. The third-order valence-corrected chi connectivity index (χ3v) is 6.38. The van der Waals surface area contributed by atoms with Crippen LogP contribution in [0.4, 0.5) is 5.13 Å². The molecule has 2 aromatic carbocycles. The molecule has 1 aliphatic heterocycles. The van der Waals surface area contributed by atoms with Crippen LogP contribution in [0.2, 0.25) is 0 Å². The first-order chi connectivity index (χ1) is 14.1. The molecule has 0 radical (unpaired) electrons. The minimum Gasteiger partial charge on any atom is -0.392 e. The number of benzene rings is 2. The molecule has 1 saturated heterocycles. The number of likely N-dealkylation sites (N-methyl/N-ethyl adjacent to an activating group) is 1. The highest BCUT2D eigenvalue weighted by Gasteiger charge is 2.21. The zero-order valence-corrected chi connectivity index (χ0v) is 17.4. The molecule has 29 heavy (non-hydrogen) atoms. The fourth-order valence-electron chi connectivity index (χ4n) is 3.64. The van der Waals surface area contributed by atoms with Crippen LogP contribution in [0, 0.1) is 0 Å². The molecule has 2 heterocycles. The molecule has 0 bridgehead atoms. The predicted octanol–water partition coefficient (Wildman–Crippen LogP) is 2.62. The summed E-state index contributed by atoms with van der Waals surface area (Å²) in [6.07, 6.45) is 0.608. The van der Waals surface area contributed by atoms with Gasteiger partial charge in [0.15, 0.2) is 5.13 Å². The van der Waals surface area contributed by atoms with Crippen LogP contribution in [-0.4, -0.2) is 53.7 Å². The number of β-amino-alcohol motifs (C(OH)–C–C–N with tert-alkyl or cyclic N) is 1. The van der Waals surface area contributed by atoms with Gasteiger partial charge in [0.1, 0.15) is 0 Å². The number of rotatable bonds is 7. The number of amides is 1. The van der Waals surface area contributed by atoms with Crippen LogP contribution in [0.15, 0.2) is 48.5 Å². The largest absolute Gasteiger partial charge is 0.392 e. The molecule has 2 N–H and O–H groups in total. The highest BCUT2D eigenvalue weighted by Crippen LogP contribution is 2.27. The van der Waals surface area contributed by atoms with Crippen molar-refractivity contribution < 1.29 is 9.90 Å². The second-order valence-corrected chi connectivity index (χ2v) is 8.55. The summed E-state index contributed by atoms with van der Waals surface area (Å²) >= 11 is 1.59. The molecule has 1 fully saturated rings. The Kier molecular flexibility index (Phi) is 6.08. The van der Waals surface area contributed by atoms with Crippen LogP contribution in [0.3, 0.4) is 0 Å². The first-order valence-corrected chi connectivity index (χ1v) is 10.7. The molecule has 7 heteroatoms. The fourth-order valence-corrected chi connectivity index (χ4v) is 4.56. The normalized spacial score (nSPS) is 17.0. The van der Waals surface area contributed by atoms with Crippen molar-refractivity contribution in [2.75, 3.05) is 31.6 Å². The number of fused-ring (bicyclic) bond motifs is 1. The van der Waals surface area contributed by atoms with Crippen LogP contribution in [0.25, 0.3) is 10.2 Å². The van der Waals surface area contributed by atoms with Gasteiger partial charge in [-0.2, -0.15) is 0 Å². The average molecular weight is 411 g/mol. The number of aliphatic hydroxyl groups excluding tert-OH is 1. The molecule has 1 unspecified atom stereocenters. The Morgan fingerprint density at radius 3 is 2.76 bits per heavy atom. The van der Waals surface area contributed by atoms with Crippen LogP contribution in [0.5, 0.6) is 0 Å². The molecule has 0 aliphatic carbocycles. The molecule has 0 spiro atoms. The lowest BCUT2D eigenvalue weighted by atomic mass is 10.1. The summed E-state index contributed by atoms with van der Waals surface area (Å²) in [4.78, 5) is 21.2. The number of carbonyl (C=O) groups excluding carboxylic acids is 1. The van der Waals surface area contributed by atoms with Crippen LogP contribution in [-0.2, 0) is 17.9 Å². The second-order valence-electron chi connectivity index (χ2n) is 7.54. The van der Waals surface area contributed by atoms with E-state index < -0.39 is 0 Å². The molecule has 1 aliphatic rings. The molecular weight excluding hydrogens is 384 g/mol. The first-order valence-electron chi connectivity index (χ1n) is 9.89. The molecule has 152 valence electrons. The molecule has 4 rings (SSSR count). The van der Waals surface area contributed by atoms with E-state index >= 15 is 0 Å². The standard InChI is InChI=1S/C22H26N4O2S/c1-25(22-24-19-8-4-5-9-20(19)29-22)15-21(28)23-12-16-6-2-3-7-17(16)13-26-11-10-18(27)14-26/h2-9,18,27H,10-15H2,1H3,(H,23,28). The Balaban J connectivity index is 1.33. The van der Waals surface area contributed by atoms with E-state index in [9.17, 15) is 9.90 Å². The van der Waals surface area contributed by atoms with Gasteiger partial charge in [0, 0.05) is 33.2 Å². The number of aliphatic hydroxyl groups is 1. The van der Waals surface area contributed by atoms with Gasteiger partial charge >= 0.3 is 0 Å². The van der Waals surface area contributed by atoms with Gasteiger partial charge in [0.2, 0.25) is 5.91 Å². The molecular formula is C22H26N4O2S. The lowest BCUT2D eigenvalue weighted by Gasteiger charge is -2.19. The van der Waals surface area contributed by atoms with E-state index in [0.717, 1.165) is 40.4 Å². The number of nitrogens with zero attached hydrogens (tertiary/aromatic N) is 3. The Labute approximate surface area is 174 Å². The van der Waals surface area contributed by atoms with Crippen molar-refractivity contribution in [2.45, 2.75) is 25.6 Å². The summed E-state index contributed by atoms with van der Waals surface area (Å²) in [5.41, 5.74) is 3.27. The van der Waals surface area contributed by atoms with E-state index in [1.165, 1.54) is 5.56 Å². The van der Waals surface area contributed by atoms with Crippen LogP contribution < -0.4 is 10.2 Å². The van der Waals surface area contributed by atoms with Gasteiger partial charge in [-0.1, -0.05) is 47.7 Å². The van der Waals surface area contributed by atoms with Crippen molar-refractivity contribution in [2.24, 2.45) is 0 Å². The highest BCUT2D eigenvalue weighted by atomic mass is 32.1. The van der Waals surface area contributed by atoms with Crippen LogP contribution >= 0.6 is 11.3 Å². The molecule has 0 saturated carbocycles. The number of anilines is 1. The van der Waals surface area contributed by atoms with Crippen molar-refractivity contribution in [3.05, 3.63) is 59.7 Å². The number of likely N-dealkylation sites (tertiary alicyclic amines) is 1. The van der Waals surface area contributed by atoms with Crippen molar-refractivity contribution in [1.82, 2.24) is 15.2 Å². The predicted molar refractivity (Wildman–Crippen MR) is 117 cm³/mol. The quantitative estimate of drug-likeness (QED) is 0.627. The number of carbonyl (C=O) groups is 1. The van der Waals surface area contributed by atoms with Gasteiger partial charge in [0.25, 0.3) is 0 Å². The van der Waals surface area contributed by atoms with E-state index in [1.54, 1.807) is 11.3 Å². The lowest BCUT2D eigenvalue weighted by Crippen LogP contribution is -2.35. The smallest absolute Gasteiger partial charge is 0.239 e. The third kappa shape index (κ3) is 4.93. The Morgan fingerprint density at radius 2 is 2.00 bits per heavy atom. The summed E-state index contributed by atoms with van der Waals surface area (Å²) in [6.45, 7) is 3.19. The van der Waals surface area contributed by atoms with E-state index in [0.29, 0.717) is 13.1 Å². The van der Waals surface area contributed by atoms with Gasteiger partial charge in [-0.25, -0.2) is 4.98 Å². The summed E-state index contributed by atoms with van der Waals surface area (Å²) in [6, 6.07) is 16.2. The number of hydrogen-bond acceptors (Lipinski definition) is 6. The highest BCUT2D eigenvalue weighted by molar-refractivity contribution is 7.22. The monoisotopic (exact) mass is 410 g/mol. The van der Waals surface area contributed by atoms with Crippen molar-refractivity contribution in [1.29, 1.82) is 0 Å². The third-order valence-electron chi connectivity index (χ3n) is 5.23. The van der Waals surface area contributed by atoms with Gasteiger partial charge in [-0.05, 0) is 29.7 Å². The summed E-state index contributed by atoms with van der Waals surface area (Å²) in [5, 5.41) is 13.6. The Hall–Kier alpha value is -2.48. The maximum absolute atomic E-state index is 12.5. The molecule has 1 atom stereocenters. The topological polar surface area (TPSA) is 68.7 Å². The number of para-hydroxylation sites is 1. The molecule has 1 amide bonds. The molecule has 3 aromatic rings. The van der Waals surface area contributed by atoms with Crippen molar-refractivity contribution in [3.63, 3.8) is 0 Å². The van der Waals surface area contributed by atoms with Gasteiger partial charge in [0.05, 0.1) is 22.9 Å². The van der Waals surface area contributed by atoms with E-state index in [-0.39, 0.29) is 18.6 Å². The first kappa shape index (κ1) is 19.8. The summed E-state index contributed by atoms with van der Waals surface area (Å²) in [5.74, 6) is -0.0295. The van der Waals surface area contributed by atoms with Gasteiger partial charge in [-0.3, -0.25) is 9.69 Å². The van der Waals surface area contributed by atoms with Crippen molar-refractivity contribution >= 4 is 32.6 Å². The fraction of sp³-hybridized carbons (Fsp3) is 0.364. The van der Waals surface area contributed by atoms with Gasteiger partial charge in [-0.15, -0.1) is 0 Å². The lowest BCUT2D eigenvalue weighted by molar-refractivity contribution is -0.119. The number of hydrogen-bond donors (Lipinski definition) is 2. The second kappa shape index (κ2) is 8.90. The average Bonchev–Trinajstić information content (AvgIpc) is 3.33. The number of aromatic nitrogens is 1. The minimum absolute atomic E-state index is 0.0295. The van der Waals surface area contributed by atoms with E-state index in [2.05, 4.69) is 27.3 Å². The maximum atomic E-state index is 12.5. The summed E-state index contributed by atoms with van der Waals surface area (Å²) < 4.78 is 1.12.